The molecule has 0 aliphatic carbocycles. The molecule has 1 aliphatic heterocycles. The molecule has 0 atom stereocenters. The second kappa shape index (κ2) is 10.6. The van der Waals surface area contributed by atoms with E-state index >= 15 is 0 Å². The number of Topliss-reactive ketones (excluding diaryl/α,β-unsaturated/α-hetero) is 1. The molecule has 0 saturated carbocycles. The number of nitrogens with one attached hydrogen (secondary N) is 1. The van der Waals surface area contributed by atoms with Crippen molar-refractivity contribution in [2.75, 3.05) is 26.2 Å². The van der Waals surface area contributed by atoms with Gasteiger partial charge in [0.15, 0.2) is 12.4 Å². The van der Waals surface area contributed by atoms with Crippen LogP contribution in [0.2, 0.25) is 0 Å². The van der Waals surface area contributed by atoms with Gasteiger partial charge < -0.3 is 15.0 Å². The second-order valence-corrected chi connectivity index (χ2v) is 6.48. The minimum absolute atomic E-state index is 0.0726. The van der Waals surface area contributed by atoms with E-state index in [4.69, 9.17) is 4.74 Å². The van der Waals surface area contributed by atoms with Crippen LogP contribution in [0.4, 0.5) is 0 Å². The van der Waals surface area contributed by atoms with E-state index in [1.807, 2.05) is 11.8 Å². The summed E-state index contributed by atoms with van der Waals surface area (Å²) in [4.78, 5) is 37.4. The zero-order chi connectivity index (χ0) is 18.8. The van der Waals surface area contributed by atoms with E-state index in [-0.39, 0.29) is 24.2 Å². The number of hydrogen-bond acceptors (Lipinski definition) is 4. The van der Waals surface area contributed by atoms with E-state index in [2.05, 4.69) is 5.32 Å². The summed E-state index contributed by atoms with van der Waals surface area (Å²) in [6.07, 6.45) is 5.28. The lowest BCUT2D eigenvalue weighted by Crippen LogP contribution is -2.36. The molecular weight excluding hydrogens is 332 g/mol. The van der Waals surface area contributed by atoms with Crippen molar-refractivity contribution in [2.45, 2.75) is 45.4 Å². The number of hydrogen-bond donors (Lipinski definition) is 1. The molecule has 0 aromatic heterocycles. The fraction of sp³-hybridized carbons (Fsp3) is 0.550. The van der Waals surface area contributed by atoms with Crippen LogP contribution in [0.3, 0.4) is 0 Å². The van der Waals surface area contributed by atoms with Crippen molar-refractivity contribution >= 4 is 17.6 Å². The smallest absolute Gasteiger partial charge is 0.257 e. The van der Waals surface area contributed by atoms with Gasteiger partial charge in [-0.3, -0.25) is 14.4 Å². The summed E-state index contributed by atoms with van der Waals surface area (Å²) in [6, 6.07) is 6.75. The number of benzene rings is 1. The Kier molecular flexibility index (Phi) is 8.12. The molecule has 0 unspecified atom stereocenters. The maximum atomic E-state index is 12.1. The molecule has 2 rings (SSSR count). The third-order valence-electron chi connectivity index (χ3n) is 4.49. The highest BCUT2D eigenvalue weighted by Crippen LogP contribution is 2.13. The van der Waals surface area contributed by atoms with E-state index in [0.717, 1.165) is 25.9 Å². The molecular formula is C20H28N2O4. The molecule has 0 spiro atoms. The van der Waals surface area contributed by atoms with E-state index < -0.39 is 0 Å². The first kappa shape index (κ1) is 19.9. The van der Waals surface area contributed by atoms with Gasteiger partial charge in [-0.1, -0.05) is 19.8 Å². The van der Waals surface area contributed by atoms with Crippen molar-refractivity contribution in [3.8, 4) is 5.75 Å². The monoisotopic (exact) mass is 360 g/mol. The molecule has 26 heavy (non-hydrogen) atoms. The molecule has 6 heteroatoms. The molecule has 0 radical (unpaired) electrons. The highest BCUT2D eigenvalue weighted by atomic mass is 16.5. The van der Waals surface area contributed by atoms with Gasteiger partial charge in [0.25, 0.3) is 5.91 Å². The predicted octanol–water partition coefficient (Wildman–Crippen LogP) is 2.57. The summed E-state index contributed by atoms with van der Waals surface area (Å²) in [7, 11) is 0. The van der Waals surface area contributed by atoms with E-state index in [0.29, 0.717) is 30.7 Å². The van der Waals surface area contributed by atoms with Gasteiger partial charge in [-0.15, -0.1) is 0 Å². The molecule has 1 aromatic rings. The Labute approximate surface area is 154 Å². The van der Waals surface area contributed by atoms with E-state index in [1.54, 1.807) is 24.3 Å². The average molecular weight is 360 g/mol. The lowest BCUT2D eigenvalue weighted by molar-refractivity contribution is -0.131. The first-order valence-electron chi connectivity index (χ1n) is 9.40. The third-order valence-corrected chi connectivity index (χ3v) is 4.49. The van der Waals surface area contributed by atoms with Gasteiger partial charge in [-0.2, -0.15) is 0 Å². The van der Waals surface area contributed by atoms with Gasteiger partial charge in [0, 0.05) is 38.0 Å². The minimum atomic E-state index is -0.262. The summed E-state index contributed by atoms with van der Waals surface area (Å²) < 4.78 is 5.41. The molecule has 1 aromatic carbocycles. The van der Waals surface area contributed by atoms with Crippen molar-refractivity contribution in [2.24, 2.45) is 0 Å². The quantitative estimate of drug-likeness (QED) is 0.723. The van der Waals surface area contributed by atoms with E-state index in [1.165, 1.54) is 12.8 Å². The van der Waals surface area contributed by atoms with Crippen molar-refractivity contribution in [3.05, 3.63) is 29.8 Å². The minimum Gasteiger partial charge on any atom is -0.484 e. The largest absolute Gasteiger partial charge is 0.484 e. The van der Waals surface area contributed by atoms with Crippen LogP contribution < -0.4 is 10.1 Å². The Bertz CT molecular complexity index is 605. The summed E-state index contributed by atoms with van der Waals surface area (Å²) >= 11 is 0. The van der Waals surface area contributed by atoms with Crippen LogP contribution in [0.15, 0.2) is 24.3 Å². The Morgan fingerprint density at radius 1 is 1.04 bits per heavy atom. The average Bonchev–Trinajstić information content (AvgIpc) is 2.95. The summed E-state index contributed by atoms with van der Waals surface area (Å²) in [5.74, 6) is 0.448. The maximum Gasteiger partial charge on any atom is 0.257 e. The van der Waals surface area contributed by atoms with Gasteiger partial charge in [0.05, 0.1) is 0 Å². The Morgan fingerprint density at radius 3 is 2.31 bits per heavy atom. The van der Waals surface area contributed by atoms with Crippen LogP contribution in [0.5, 0.6) is 5.75 Å². The van der Waals surface area contributed by atoms with Crippen molar-refractivity contribution in [1.82, 2.24) is 10.2 Å². The number of carbonyl (C=O) groups is 3. The van der Waals surface area contributed by atoms with Crippen molar-refractivity contribution in [1.29, 1.82) is 0 Å². The van der Waals surface area contributed by atoms with Gasteiger partial charge in [-0.05, 0) is 37.1 Å². The van der Waals surface area contributed by atoms with Crippen LogP contribution in [0.25, 0.3) is 0 Å². The van der Waals surface area contributed by atoms with Gasteiger partial charge in [0.1, 0.15) is 5.75 Å². The Balaban J connectivity index is 1.65. The zero-order valence-corrected chi connectivity index (χ0v) is 15.5. The number of likely N-dealkylation sites (tertiary alicyclic amines) is 1. The fourth-order valence-electron chi connectivity index (χ4n) is 2.93. The standard InChI is InChI=1S/C20H28N2O4/c1-2-18(23)16-7-9-17(10-8-16)26-15-19(24)21-12-11-20(25)22-13-5-3-4-6-14-22/h7-10H,2-6,11-15H2,1H3,(H,21,24). The van der Waals surface area contributed by atoms with Gasteiger partial charge >= 0.3 is 0 Å². The normalized spacial score (nSPS) is 14.4. The van der Waals surface area contributed by atoms with Crippen molar-refractivity contribution in [3.63, 3.8) is 0 Å². The first-order chi connectivity index (χ1) is 12.6. The van der Waals surface area contributed by atoms with Crippen molar-refractivity contribution < 1.29 is 19.1 Å². The van der Waals surface area contributed by atoms with Crippen LogP contribution in [-0.2, 0) is 9.59 Å². The highest BCUT2D eigenvalue weighted by Gasteiger charge is 2.15. The molecule has 1 saturated heterocycles. The van der Waals surface area contributed by atoms with Crippen LogP contribution in [-0.4, -0.2) is 48.7 Å². The summed E-state index contributed by atoms with van der Waals surface area (Å²) in [6.45, 7) is 3.67. The van der Waals surface area contributed by atoms with Gasteiger partial charge in [-0.25, -0.2) is 0 Å². The topological polar surface area (TPSA) is 75.7 Å². The maximum absolute atomic E-state index is 12.1. The number of rotatable bonds is 8. The number of ether oxygens (including phenoxy) is 1. The number of amides is 2. The molecule has 1 heterocycles. The fourth-order valence-corrected chi connectivity index (χ4v) is 2.93. The number of carbonyl (C=O) groups excluding carboxylic acids is 3. The van der Waals surface area contributed by atoms with E-state index in [9.17, 15) is 14.4 Å². The highest BCUT2D eigenvalue weighted by molar-refractivity contribution is 5.95. The zero-order valence-electron chi connectivity index (χ0n) is 15.5. The van der Waals surface area contributed by atoms with Crippen LogP contribution >= 0.6 is 0 Å². The van der Waals surface area contributed by atoms with Crippen LogP contribution in [0, 0.1) is 0 Å². The lowest BCUT2D eigenvalue weighted by atomic mass is 10.1. The molecule has 1 N–H and O–H groups in total. The molecule has 1 aliphatic rings. The molecule has 142 valence electrons. The predicted molar refractivity (Wildman–Crippen MR) is 99.2 cm³/mol. The lowest BCUT2D eigenvalue weighted by Gasteiger charge is -2.20. The molecule has 6 nitrogen and oxygen atoms in total. The van der Waals surface area contributed by atoms with Crippen LogP contribution in [0.1, 0.15) is 55.8 Å². The Morgan fingerprint density at radius 2 is 1.69 bits per heavy atom. The molecule has 1 fully saturated rings. The molecule has 2 amide bonds. The number of nitrogens with zero attached hydrogens (tertiary/aromatic N) is 1. The summed E-state index contributed by atoms with van der Waals surface area (Å²) in [5.41, 5.74) is 0.635. The number of ketones is 1. The third kappa shape index (κ3) is 6.50. The SMILES string of the molecule is CCC(=O)c1ccc(OCC(=O)NCCC(=O)N2CCCCCC2)cc1. The first-order valence-corrected chi connectivity index (χ1v) is 9.40. The van der Waals surface area contributed by atoms with Gasteiger partial charge in [0.2, 0.25) is 5.91 Å². The molecule has 0 bridgehead atoms. The Hall–Kier alpha value is -2.37. The summed E-state index contributed by atoms with van der Waals surface area (Å²) in [5, 5.41) is 2.71. The second-order valence-electron chi connectivity index (χ2n) is 6.48.